The van der Waals surface area contributed by atoms with Crippen LogP contribution in [0.25, 0.3) is 6.08 Å². The lowest BCUT2D eigenvalue weighted by Gasteiger charge is -2.20. The van der Waals surface area contributed by atoms with Crippen molar-refractivity contribution in [2.75, 3.05) is 32.7 Å². The summed E-state index contributed by atoms with van der Waals surface area (Å²) in [6.45, 7) is 0.828. The van der Waals surface area contributed by atoms with Gasteiger partial charge >= 0.3 is 0 Å². The zero-order valence-electron chi connectivity index (χ0n) is 15.1. The van der Waals surface area contributed by atoms with Crippen LogP contribution in [-0.2, 0) is 9.53 Å². The Morgan fingerprint density at radius 3 is 2.81 bits per heavy atom. The predicted molar refractivity (Wildman–Crippen MR) is 101 cm³/mol. The number of rotatable bonds is 6. The Balaban J connectivity index is 1.81. The third-order valence-corrected chi connectivity index (χ3v) is 3.95. The van der Waals surface area contributed by atoms with Crippen LogP contribution in [0.4, 0.5) is 5.69 Å². The van der Waals surface area contributed by atoms with Gasteiger partial charge < -0.3 is 24.8 Å². The van der Waals surface area contributed by atoms with Crippen molar-refractivity contribution in [2.24, 2.45) is 0 Å². The molecule has 0 bridgehead atoms. The van der Waals surface area contributed by atoms with E-state index in [1.807, 2.05) is 18.2 Å². The molecule has 2 aromatic rings. The number of fused-ring (bicyclic) bond motifs is 1. The minimum Gasteiger partial charge on any atom is -0.496 e. The summed E-state index contributed by atoms with van der Waals surface area (Å²) in [6, 6.07) is 12.2. The molecule has 1 aliphatic heterocycles. The Labute approximate surface area is 156 Å². The zero-order valence-corrected chi connectivity index (χ0v) is 15.1. The molecule has 7 heteroatoms. The second-order valence-electron chi connectivity index (χ2n) is 5.77. The van der Waals surface area contributed by atoms with E-state index in [1.54, 1.807) is 44.6 Å². The molecule has 0 aromatic heterocycles. The molecule has 1 aliphatic rings. The van der Waals surface area contributed by atoms with E-state index in [4.69, 9.17) is 14.2 Å². The van der Waals surface area contributed by atoms with Crippen molar-refractivity contribution in [1.29, 1.82) is 0 Å². The fourth-order valence-electron chi connectivity index (χ4n) is 2.60. The monoisotopic (exact) mass is 368 g/mol. The van der Waals surface area contributed by atoms with E-state index in [0.29, 0.717) is 35.9 Å². The molecule has 3 rings (SSSR count). The maximum atomic E-state index is 12.4. The first-order valence-corrected chi connectivity index (χ1v) is 8.37. The van der Waals surface area contributed by atoms with Crippen LogP contribution in [-0.4, -0.2) is 39.2 Å². The van der Waals surface area contributed by atoms with Gasteiger partial charge in [-0.05, 0) is 30.3 Å². The van der Waals surface area contributed by atoms with Crippen molar-refractivity contribution in [2.45, 2.75) is 0 Å². The standard InChI is InChI=1S/C20H20N2O5/c1-25-10-9-21-19(23)14-7-8-17-15(11-14)22-20(24)18(27-17)12-13-5-3-4-6-16(13)26-2/h3-8,11-12H,9-10H2,1-2H3,(H,21,23)(H,22,24)/b18-12-. The third kappa shape index (κ3) is 4.27. The van der Waals surface area contributed by atoms with Crippen LogP contribution in [0.3, 0.4) is 0 Å². The number of anilines is 1. The number of nitrogens with one attached hydrogen (secondary N) is 2. The van der Waals surface area contributed by atoms with Gasteiger partial charge in [0.05, 0.1) is 19.4 Å². The Hall–Kier alpha value is -3.32. The summed E-state index contributed by atoms with van der Waals surface area (Å²) in [5.41, 5.74) is 1.59. The molecular weight excluding hydrogens is 348 g/mol. The molecule has 0 aliphatic carbocycles. The Bertz CT molecular complexity index is 892. The van der Waals surface area contributed by atoms with E-state index in [9.17, 15) is 9.59 Å². The van der Waals surface area contributed by atoms with Crippen molar-refractivity contribution in [3.63, 3.8) is 0 Å². The molecule has 2 amide bonds. The second-order valence-corrected chi connectivity index (χ2v) is 5.77. The van der Waals surface area contributed by atoms with Crippen molar-refractivity contribution < 1.29 is 23.8 Å². The minimum atomic E-state index is -0.398. The minimum absolute atomic E-state index is 0.143. The smallest absolute Gasteiger partial charge is 0.291 e. The highest BCUT2D eigenvalue weighted by Gasteiger charge is 2.23. The predicted octanol–water partition coefficient (Wildman–Crippen LogP) is 2.44. The van der Waals surface area contributed by atoms with E-state index in [2.05, 4.69) is 10.6 Å². The maximum Gasteiger partial charge on any atom is 0.291 e. The normalized spacial score (nSPS) is 14.1. The highest BCUT2D eigenvalue weighted by molar-refractivity contribution is 6.09. The number of carbonyl (C=O) groups excluding carboxylic acids is 2. The van der Waals surface area contributed by atoms with Crippen LogP contribution >= 0.6 is 0 Å². The van der Waals surface area contributed by atoms with E-state index in [1.165, 1.54) is 0 Å². The highest BCUT2D eigenvalue weighted by Crippen LogP contribution is 2.33. The number of ether oxygens (including phenoxy) is 3. The molecule has 2 N–H and O–H groups in total. The lowest BCUT2D eigenvalue weighted by atomic mass is 10.1. The number of benzene rings is 2. The van der Waals surface area contributed by atoms with Crippen molar-refractivity contribution in [1.82, 2.24) is 5.32 Å². The Kier molecular flexibility index (Phi) is 5.73. The summed E-state index contributed by atoms with van der Waals surface area (Å²) in [5, 5.41) is 5.48. The van der Waals surface area contributed by atoms with Crippen LogP contribution in [0, 0.1) is 0 Å². The first-order chi connectivity index (χ1) is 13.1. The molecule has 27 heavy (non-hydrogen) atoms. The van der Waals surface area contributed by atoms with Gasteiger partial charge in [-0.2, -0.15) is 0 Å². The third-order valence-electron chi connectivity index (χ3n) is 3.95. The van der Waals surface area contributed by atoms with Gasteiger partial charge in [0, 0.05) is 24.8 Å². The summed E-state index contributed by atoms with van der Waals surface area (Å²) in [4.78, 5) is 24.5. The van der Waals surface area contributed by atoms with E-state index < -0.39 is 5.91 Å². The fraction of sp³-hybridized carbons (Fsp3) is 0.200. The second kappa shape index (κ2) is 8.37. The SMILES string of the molecule is COCCNC(=O)c1ccc2c(c1)NC(=O)/C(=C/c1ccccc1OC)O2. The molecule has 0 unspecified atom stereocenters. The van der Waals surface area contributed by atoms with Crippen molar-refractivity contribution in [3.05, 3.63) is 59.4 Å². The van der Waals surface area contributed by atoms with Gasteiger partial charge in [-0.3, -0.25) is 9.59 Å². The lowest BCUT2D eigenvalue weighted by Crippen LogP contribution is -2.28. The van der Waals surface area contributed by atoms with Crippen LogP contribution in [0.15, 0.2) is 48.2 Å². The molecule has 0 saturated heterocycles. The molecule has 0 fully saturated rings. The average Bonchev–Trinajstić information content (AvgIpc) is 2.68. The Morgan fingerprint density at radius 2 is 2.04 bits per heavy atom. The van der Waals surface area contributed by atoms with Crippen molar-refractivity contribution >= 4 is 23.6 Å². The van der Waals surface area contributed by atoms with Crippen LogP contribution in [0.2, 0.25) is 0 Å². The van der Waals surface area contributed by atoms with Crippen LogP contribution in [0.1, 0.15) is 15.9 Å². The van der Waals surface area contributed by atoms with E-state index >= 15 is 0 Å². The number of hydrogen-bond acceptors (Lipinski definition) is 5. The summed E-state index contributed by atoms with van der Waals surface area (Å²) < 4.78 is 15.9. The van der Waals surface area contributed by atoms with Gasteiger partial charge in [-0.25, -0.2) is 0 Å². The van der Waals surface area contributed by atoms with Gasteiger partial charge in [0.25, 0.3) is 11.8 Å². The molecular formula is C20H20N2O5. The van der Waals surface area contributed by atoms with Crippen LogP contribution in [0.5, 0.6) is 11.5 Å². The molecule has 2 aromatic carbocycles. The topological polar surface area (TPSA) is 85.9 Å². The van der Waals surface area contributed by atoms with E-state index in [-0.39, 0.29) is 11.7 Å². The molecule has 0 radical (unpaired) electrons. The number of amides is 2. The molecule has 0 spiro atoms. The largest absolute Gasteiger partial charge is 0.496 e. The van der Waals surface area contributed by atoms with Gasteiger partial charge in [0.1, 0.15) is 5.75 Å². The molecule has 1 heterocycles. The first kappa shape index (κ1) is 18.5. The average molecular weight is 368 g/mol. The molecule has 7 nitrogen and oxygen atoms in total. The maximum absolute atomic E-state index is 12.4. The van der Waals surface area contributed by atoms with Gasteiger partial charge in [-0.15, -0.1) is 0 Å². The zero-order chi connectivity index (χ0) is 19.2. The quantitative estimate of drug-likeness (QED) is 0.604. The summed E-state index contributed by atoms with van der Waals surface area (Å²) in [6.07, 6.45) is 1.61. The molecule has 0 saturated carbocycles. The highest BCUT2D eigenvalue weighted by atomic mass is 16.5. The van der Waals surface area contributed by atoms with Gasteiger partial charge in [-0.1, -0.05) is 18.2 Å². The number of hydrogen-bond donors (Lipinski definition) is 2. The first-order valence-electron chi connectivity index (χ1n) is 8.37. The Morgan fingerprint density at radius 1 is 1.22 bits per heavy atom. The molecule has 140 valence electrons. The number of methoxy groups -OCH3 is 2. The fourth-order valence-corrected chi connectivity index (χ4v) is 2.60. The lowest BCUT2D eigenvalue weighted by molar-refractivity contribution is -0.115. The van der Waals surface area contributed by atoms with Crippen molar-refractivity contribution in [3.8, 4) is 11.5 Å². The number of para-hydroxylation sites is 1. The summed E-state index contributed by atoms with van der Waals surface area (Å²) in [5.74, 6) is 0.591. The summed E-state index contributed by atoms with van der Waals surface area (Å²) in [7, 11) is 3.13. The van der Waals surface area contributed by atoms with Crippen LogP contribution < -0.4 is 20.1 Å². The van der Waals surface area contributed by atoms with Gasteiger partial charge in [0.15, 0.2) is 11.5 Å². The van der Waals surface area contributed by atoms with E-state index in [0.717, 1.165) is 5.56 Å². The summed E-state index contributed by atoms with van der Waals surface area (Å²) >= 11 is 0. The molecule has 0 atom stereocenters. The van der Waals surface area contributed by atoms with Gasteiger partial charge in [0.2, 0.25) is 0 Å². The number of carbonyl (C=O) groups is 2.